The highest BCUT2D eigenvalue weighted by Gasteiger charge is 2.36. The number of rotatable bonds is 3. The maximum absolute atomic E-state index is 12.8. The molecule has 1 atom stereocenters. The van der Waals surface area contributed by atoms with Crippen molar-refractivity contribution < 1.29 is 13.3 Å². The molecule has 1 fully saturated rings. The van der Waals surface area contributed by atoms with Gasteiger partial charge in [0.1, 0.15) is 0 Å². The third-order valence-corrected chi connectivity index (χ3v) is 5.68. The van der Waals surface area contributed by atoms with Gasteiger partial charge in [0, 0.05) is 31.2 Å². The number of nitrogens with zero attached hydrogens (tertiary/aromatic N) is 2. The fourth-order valence-electron chi connectivity index (χ4n) is 2.57. The van der Waals surface area contributed by atoms with E-state index in [4.69, 9.17) is 0 Å². The molecule has 1 aromatic carbocycles. The summed E-state index contributed by atoms with van der Waals surface area (Å²) in [5.74, 6) is 0. The third-order valence-electron chi connectivity index (χ3n) is 3.64. The average Bonchev–Trinajstić information content (AvgIpc) is 2.40. The zero-order valence-corrected chi connectivity index (χ0v) is 14.3. The Morgan fingerprint density at radius 2 is 1.91 bits per heavy atom. The predicted molar refractivity (Wildman–Crippen MR) is 86.0 cm³/mol. The van der Waals surface area contributed by atoms with Crippen molar-refractivity contribution in [3.8, 4) is 0 Å². The molecule has 0 amide bonds. The van der Waals surface area contributed by atoms with Crippen molar-refractivity contribution in [2.24, 2.45) is 0 Å². The summed E-state index contributed by atoms with van der Waals surface area (Å²) in [5.41, 5.74) is 0.437. The Morgan fingerprint density at radius 1 is 1.32 bits per heavy atom. The first-order valence-electron chi connectivity index (χ1n) is 6.73. The molecule has 0 aliphatic carbocycles. The molecule has 1 unspecified atom stereocenters. The summed E-state index contributed by atoms with van der Waals surface area (Å²) in [6.45, 7) is 6.20. The lowest BCUT2D eigenvalue weighted by Gasteiger charge is -2.31. The van der Waals surface area contributed by atoms with E-state index in [0.717, 1.165) is 0 Å². The average molecular weight is 350 g/mol. The predicted octanol–water partition coefficient (Wildman–Crippen LogP) is 1.62. The lowest BCUT2D eigenvalue weighted by atomic mass is 10.1. The van der Waals surface area contributed by atoms with E-state index in [0.29, 0.717) is 30.8 Å². The van der Waals surface area contributed by atoms with Crippen molar-refractivity contribution in [2.45, 2.75) is 31.7 Å². The van der Waals surface area contributed by atoms with E-state index in [1.807, 2.05) is 6.92 Å². The summed E-state index contributed by atoms with van der Waals surface area (Å²) in [5, 5.41) is 14.5. The monoisotopic (exact) mass is 349 g/mol. The number of hydrogen-bond donors (Lipinski definition) is 1. The van der Waals surface area contributed by atoms with Crippen LogP contribution in [0.15, 0.2) is 17.0 Å². The second-order valence-corrected chi connectivity index (χ2v) is 7.23. The Labute approximate surface area is 136 Å². The number of nitro groups is 1. The van der Waals surface area contributed by atoms with Crippen LogP contribution in [0.2, 0.25) is 0 Å². The summed E-state index contributed by atoms with van der Waals surface area (Å²) in [7, 11) is -3.87. The minimum atomic E-state index is -3.87. The van der Waals surface area contributed by atoms with Gasteiger partial charge in [0.05, 0.1) is 4.92 Å². The minimum absolute atomic E-state index is 0. The number of halogens is 1. The Balaban J connectivity index is 0.00000242. The molecule has 22 heavy (non-hydrogen) atoms. The molecule has 1 saturated heterocycles. The summed E-state index contributed by atoms with van der Waals surface area (Å²) >= 11 is 0. The van der Waals surface area contributed by atoms with Crippen molar-refractivity contribution >= 4 is 28.1 Å². The van der Waals surface area contributed by atoms with Gasteiger partial charge in [-0.1, -0.05) is 12.1 Å². The summed E-state index contributed by atoms with van der Waals surface area (Å²) in [6, 6.07) is 3.21. The van der Waals surface area contributed by atoms with Crippen molar-refractivity contribution in [2.75, 3.05) is 19.6 Å². The number of nitrogens with one attached hydrogen (secondary N) is 1. The van der Waals surface area contributed by atoms with Gasteiger partial charge in [-0.05, 0) is 26.3 Å². The maximum Gasteiger partial charge on any atom is 0.292 e. The van der Waals surface area contributed by atoms with Gasteiger partial charge in [-0.3, -0.25) is 10.1 Å². The Bertz CT molecular complexity index is 678. The maximum atomic E-state index is 12.8. The van der Waals surface area contributed by atoms with E-state index >= 15 is 0 Å². The summed E-state index contributed by atoms with van der Waals surface area (Å²) in [6.07, 6.45) is 0. The van der Waals surface area contributed by atoms with Crippen LogP contribution < -0.4 is 5.32 Å². The van der Waals surface area contributed by atoms with Crippen LogP contribution in [0, 0.1) is 24.0 Å². The van der Waals surface area contributed by atoms with Gasteiger partial charge in [-0.15, -0.1) is 12.4 Å². The van der Waals surface area contributed by atoms with E-state index in [1.165, 1.54) is 4.31 Å². The third kappa shape index (κ3) is 3.40. The molecule has 1 aliphatic rings. The highest BCUT2D eigenvalue weighted by atomic mass is 35.5. The smallest absolute Gasteiger partial charge is 0.292 e. The molecule has 0 aromatic heterocycles. The number of nitro benzene ring substituents is 1. The molecule has 124 valence electrons. The first kappa shape index (κ1) is 18.8. The van der Waals surface area contributed by atoms with E-state index in [-0.39, 0.29) is 29.0 Å². The summed E-state index contributed by atoms with van der Waals surface area (Å²) < 4.78 is 27.0. The number of hydrogen-bond acceptors (Lipinski definition) is 5. The van der Waals surface area contributed by atoms with Gasteiger partial charge < -0.3 is 5.32 Å². The first-order valence-corrected chi connectivity index (χ1v) is 8.17. The van der Waals surface area contributed by atoms with E-state index in [2.05, 4.69) is 5.32 Å². The van der Waals surface area contributed by atoms with Crippen LogP contribution in [-0.2, 0) is 10.0 Å². The van der Waals surface area contributed by atoms with Crippen LogP contribution in [0.4, 0.5) is 5.69 Å². The molecule has 9 heteroatoms. The van der Waals surface area contributed by atoms with E-state index in [9.17, 15) is 18.5 Å². The summed E-state index contributed by atoms with van der Waals surface area (Å²) in [4.78, 5) is 10.5. The lowest BCUT2D eigenvalue weighted by molar-refractivity contribution is -0.388. The first-order chi connectivity index (χ1) is 9.75. The second kappa shape index (κ2) is 6.91. The highest BCUT2D eigenvalue weighted by Crippen LogP contribution is 2.33. The Kier molecular flexibility index (Phi) is 5.91. The minimum Gasteiger partial charge on any atom is -0.312 e. The molecule has 1 N–H and O–H groups in total. The molecule has 2 rings (SSSR count). The molecular formula is C13H20ClN3O4S. The number of benzene rings is 1. The standard InChI is InChI=1S/C13H19N3O4S.ClH/c1-9-4-5-10(2)13(12(9)16(17)18)21(19,20)15-7-6-14-11(3)8-15;/h4-5,11,14H,6-8H2,1-3H3;1H. The van der Waals surface area contributed by atoms with Crippen LogP contribution in [0.1, 0.15) is 18.1 Å². The lowest BCUT2D eigenvalue weighted by Crippen LogP contribution is -2.51. The normalized spacial score (nSPS) is 19.5. The van der Waals surface area contributed by atoms with Gasteiger partial charge in [-0.25, -0.2) is 8.42 Å². The topological polar surface area (TPSA) is 92.6 Å². The van der Waals surface area contributed by atoms with E-state index < -0.39 is 14.9 Å². The van der Waals surface area contributed by atoms with Gasteiger partial charge in [0.15, 0.2) is 4.90 Å². The van der Waals surface area contributed by atoms with E-state index in [1.54, 1.807) is 26.0 Å². The SMILES string of the molecule is Cc1ccc(C)c(S(=O)(=O)N2CCNC(C)C2)c1[N+](=O)[O-].Cl. The Hall–Kier alpha value is -1.22. The van der Waals surface area contributed by atoms with Crippen LogP contribution >= 0.6 is 12.4 Å². The zero-order chi connectivity index (χ0) is 15.8. The zero-order valence-electron chi connectivity index (χ0n) is 12.7. The fourth-order valence-corrected chi connectivity index (χ4v) is 4.53. The molecular weight excluding hydrogens is 330 g/mol. The molecule has 1 heterocycles. The number of sulfonamides is 1. The molecule has 1 aliphatic heterocycles. The molecule has 0 bridgehead atoms. The van der Waals surface area contributed by atoms with Crippen molar-refractivity contribution in [1.82, 2.24) is 9.62 Å². The highest BCUT2D eigenvalue weighted by molar-refractivity contribution is 7.89. The van der Waals surface area contributed by atoms with Gasteiger partial charge in [0.2, 0.25) is 10.0 Å². The van der Waals surface area contributed by atoms with Crippen molar-refractivity contribution in [3.05, 3.63) is 33.4 Å². The van der Waals surface area contributed by atoms with Crippen LogP contribution in [0.3, 0.4) is 0 Å². The van der Waals surface area contributed by atoms with Gasteiger partial charge >= 0.3 is 0 Å². The number of aryl methyl sites for hydroxylation is 2. The Morgan fingerprint density at radius 3 is 2.45 bits per heavy atom. The molecule has 0 radical (unpaired) electrons. The van der Waals surface area contributed by atoms with Crippen LogP contribution in [-0.4, -0.2) is 43.3 Å². The van der Waals surface area contributed by atoms with Gasteiger partial charge in [-0.2, -0.15) is 4.31 Å². The molecule has 0 saturated carbocycles. The van der Waals surface area contributed by atoms with Crippen molar-refractivity contribution in [3.63, 3.8) is 0 Å². The molecule has 0 spiro atoms. The second-order valence-electron chi connectivity index (χ2n) is 5.35. The quantitative estimate of drug-likeness (QED) is 0.661. The molecule has 7 nitrogen and oxygen atoms in total. The van der Waals surface area contributed by atoms with Crippen LogP contribution in [0.25, 0.3) is 0 Å². The van der Waals surface area contributed by atoms with Crippen LogP contribution in [0.5, 0.6) is 0 Å². The largest absolute Gasteiger partial charge is 0.312 e. The number of piperazine rings is 1. The van der Waals surface area contributed by atoms with Gasteiger partial charge in [0.25, 0.3) is 5.69 Å². The molecule has 1 aromatic rings. The fraction of sp³-hybridized carbons (Fsp3) is 0.538. The van der Waals surface area contributed by atoms with Crippen molar-refractivity contribution in [1.29, 1.82) is 0 Å².